The summed E-state index contributed by atoms with van der Waals surface area (Å²) in [6.45, 7) is 0. The molecule has 0 spiro atoms. The smallest absolute Gasteiger partial charge is 0.438 e. The monoisotopic (exact) mass is 365 g/mol. The van der Waals surface area contributed by atoms with Crippen LogP contribution in [0.5, 0.6) is 5.75 Å². The van der Waals surface area contributed by atoms with Crippen LogP contribution >= 0.6 is 0 Å². The topological polar surface area (TPSA) is 75.0 Å². The number of hydrogen-bond acceptors (Lipinski definition) is 5. The molecule has 0 radical (unpaired) electrons. The molecule has 1 N–H and O–H groups in total. The number of rotatable bonds is 3. The molecule has 2 aromatic rings. The highest BCUT2D eigenvalue weighted by atomic mass is 19.4. The van der Waals surface area contributed by atoms with Crippen molar-refractivity contribution in [2.45, 2.75) is 18.3 Å². The number of pyridine rings is 1. The Bertz CT molecular complexity index is 838. The minimum absolute atomic E-state index is 0.0610. The van der Waals surface area contributed by atoms with E-state index in [1.54, 1.807) is 0 Å². The van der Waals surface area contributed by atoms with Crippen LogP contribution in [0.3, 0.4) is 0 Å². The molecule has 1 aliphatic heterocycles. The van der Waals surface area contributed by atoms with Gasteiger partial charge in [0.1, 0.15) is 5.75 Å². The first kappa shape index (κ1) is 17.9. The summed E-state index contributed by atoms with van der Waals surface area (Å²) < 4.78 is 45.5. The predicted molar refractivity (Wildman–Crippen MR) is 85.6 cm³/mol. The lowest BCUT2D eigenvalue weighted by Crippen LogP contribution is -2.56. The molecule has 0 aliphatic carbocycles. The number of carbonyl (C=O) groups excluding carboxylic acids is 1. The summed E-state index contributed by atoms with van der Waals surface area (Å²) in [5, 5.41) is 14.1. The van der Waals surface area contributed by atoms with Gasteiger partial charge in [-0.25, -0.2) is 0 Å². The Morgan fingerprint density at radius 2 is 1.81 bits per heavy atom. The molecule has 1 aromatic heterocycles. The number of methoxy groups -OCH3 is 1. The second kappa shape index (κ2) is 6.41. The van der Waals surface area contributed by atoms with Crippen molar-refractivity contribution in [3.8, 4) is 5.75 Å². The maximum atomic E-state index is 13.5. The van der Waals surface area contributed by atoms with Crippen LogP contribution < -0.4 is 4.74 Å². The highest BCUT2D eigenvalue weighted by Gasteiger charge is 2.63. The Kier molecular flexibility index (Phi) is 4.41. The van der Waals surface area contributed by atoms with Crippen molar-refractivity contribution in [2.24, 2.45) is 5.10 Å². The van der Waals surface area contributed by atoms with Gasteiger partial charge in [0.2, 0.25) is 0 Å². The Morgan fingerprint density at radius 1 is 1.19 bits per heavy atom. The molecule has 3 rings (SSSR count). The number of alkyl halides is 3. The van der Waals surface area contributed by atoms with E-state index >= 15 is 0 Å². The number of carbonyl (C=O) groups is 1. The van der Waals surface area contributed by atoms with Gasteiger partial charge in [-0.15, -0.1) is 0 Å². The highest BCUT2D eigenvalue weighted by Crippen LogP contribution is 2.42. The second-order valence-electron chi connectivity index (χ2n) is 5.62. The molecule has 0 saturated heterocycles. The molecule has 1 amide bonds. The maximum Gasteiger partial charge on any atom is 0.438 e. The molecule has 1 aromatic carbocycles. The Hall–Kier alpha value is -2.94. The van der Waals surface area contributed by atoms with Crippen LogP contribution in [0.4, 0.5) is 13.2 Å². The van der Waals surface area contributed by atoms with Gasteiger partial charge in [0, 0.05) is 23.5 Å². The lowest BCUT2D eigenvalue weighted by Gasteiger charge is -2.32. The minimum atomic E-state index is -5.09. The lowest BCUT2D eigenvalue weighted by molar-refractivity contribution is -0.297. The zero-order valence-electron chi connectivity index (χ0n) is 13.6. The molecular formula is C17H14F3N3O3. The zero-order chi connectivity index (χ0) is 18.9. The van der Waals surface area contributed by atoms with Crippen molar-refractivity contribution in [3.63, 3.8) is 0 Å². The van der Waals surface area contributed by atoms with E-state index in [1.807, 2.05) is 0 Å². The summed E-state index contributed by atoms with van der Waals surface area (Å²) in [4.78, 5) is 16.4. The number of nitrogens with zero attached hydrogens (tertiary/aromatic N) is 3. The number of halogens is 3. The third-order valence-corrected chi connectivity index (χ3v) is 3.98. The van der Waals surface area contributed by atoms with Crippen LogP contribution in [-0.4, -0.2) is 45.7 Å². The fourth-order valence-electron chi connectivity index (χ4n) is 2.54. The molecule has 0 fully saturated rings. The van der Waals surface area contributed by atoms with E-state index < -0.39 is 24.2 Å². The van der Waals surface area contributed by atoms with Crippen LogP contribution in [0.2, 0.25) is 0 Å². The van der Waals surface area contributed by atoms with Gasteiger partial charge in [0.05, 0.1) is 19.2 Å². The summed E-state index contributed by atoms with van der Waals surface area (Å²) in [7, 11) is 1.42. The molecule has 2 heterocycles. The molecule has 0 bridgehead atoms. The summed E-state index contributed by atoms with van der Waals surface area (Å²) in [6, 6.07) is 8.39. The van der Waals surface area contributed by atoms with Gasteiger partial charge >= 0.3 is 6.18 Å². The summed E-state index contributed by atoms with van der Waals surface area (Å²) in [5.74, 6) is -0.633. The van der Waals surface area contributed by atoms with Crippen LogP contribution in [-0.2, 0) is 0 Å². The van der Waals surface area contributed by atoms with Crippen molar-refractivity contribution in [1.29, 1.82) is 0 Å². The van der Waals surface area contributed by atoms with Gasteiger partial charge in [-0.2, -0.15) is 23.3 Å². The molecule has 26 heavy (non-hydrogen) atoms. The predicted octanol–water partition coefficient (Wildman–Crippen LogP) is 2.59. The average Bonchev–Trinajstić information content (AvgIpc) is 3.01. The van der Waals surface area contributed by atoms with Gasteiger partial charge < -0.3 is 9.84 Å². The quantitative estimate of drug-likeness (QED) is 0.907. The Labute approximate surface area is 146 Å². The van der Waals surface area contributed by atoms with Crippen molar-refractivity contribution < 1.29 is 27.8 Å². The van der Waals surface area contributed by atoms with E-state index in [2.05, 4.69) is 10.1 Å². The molecule has 136 valence electrons. The van der Waals surface area contributed by atoms with E-state index in [-0.39, 0.29) is 16.3 Å². The average molecular weight is 365 g/mol. The Morgan fingerprint density at radius 3 is 2.35 bits per heavy atom. The van der Waals surface area contributed by atoms with Crippen LogP contribution in [0.25, 0.3) is 0 Å². The number of ether oxygens (including phenoxy) is 1. The molecule has 1 unspecified atom stereocenters. The van der Waals surface area contributed by atoms with Crippen molar-refractivity contribution in [1.82, 2.24) is 9.99 Å². The van der Waals surface area contributed by atoms with Gasteiger partial charge in [-0.05, 0) is 36.4 Å². The highest BCUT2D eigenvalue weighted by molar-refractivity contribution is 6.05. The number of benzene rings is 1. The lowest BCUT2D eigenvalue weighted by atomic mass is 10.0. The summed E-state index contributed by atoms with van der Waals surface area (Å²) >= 11 is 0. The second-order valence-corrected chi connectivity index (χ2v) is 5.62. The van der Waals surface area contributed by atoms with E-state index in [0.29, 0.717) is 11.3 Å². The third-order valence-electron chi connectivity index (χ3n) is 3.98. The van der Waals surface area contributed by atoms with Crippen molar-refractivity contribution in [2.75, 3.05) is 7.11 Å². The minimum Gasteiger partial charge on any atom is -0.497 e. The molecule has 1 aliphatic rings. The molecule has 9 heteroatoms. The molecule has 1 atom stereocenters. The van der Waals surface area contributed by atoms with Gasteiger partial charge in [0.15, 0.2) is 0 Å². The SMILES string of the molecule is COc1ccc(C(=O)N2N=C(c3ccncc3)CC2(O)C(F)(F)F)cc1. The molecule has 6 nitrogen and oxygen atoms in total. The van der Waals surface area contributed by atoms with Crippen molar-refractivity contribution >= 4 is 11.6 Å². The van der Waals surface area contributed by atoms with Crippen molar-refractivity contribution in [3.05, 3.63) is 59.9 Å². The van der Waals surface area contributed by atoms with Gasteiger partial charge in [0.25, 0.3) is 11.6 Å². The van der Waals surface area contributed by atoms with E-state index in [9.17, 15) is 23.1 Å². The summed E-state index contributed by atoms with van der Waals surface area (Å²) in [5.41, 5.74) is -3.21. The standard InChI is InChI=1S/C17H14F3N3O3/c1-26-13-4-2-12(3-5-13)15(24)23-16(25,17(18,19)20)10-14(22-23)11-6-8-21-9-7-11/h2-9,25H,10H2,1H3. The third kappa shape index (κ3) is 3.01. The molecule has 0 saturated carbocycles. The first-order chi connectivity index (χ1) is 12.3. The zero-order valence-corrected chi connectivity index (χ0v) is 13.6. The van der Waals surface area contributed by atoms with Gasteiger partial charge in [-0.3, -0.25) is 9.78 Å². The fourth-order valence-corrected chi connectivity index (χ4v) is 2.54. The number of aromatic nitrogens is 1. The van der Waals surface area contributed by atoms with Crippen LogP contribution in [0.15, 0.2) is 53.9 Å². The number of hydrogen-bond donors (Lipinski definition) is 1. The maximum absolute atomic E-state index is 13.5. The first-order valence-electron chi connectivity index (χ1n) is 7.52. The van der Waals surface area contributed by atoms with Crippen LogP contribution in [0.1, 0.15) is 22.3 Å². The largest absolute Gasteiger partial charge is 0.497 e. The van der Waals surface area contributed by atoms with Gasteiger partial charge in [-0.1, -0.05) is 0 Å². The Balaban J connectivity index is 2.01. The fraction of sp³-hybridized carbons (Fsp3) is 0.235. The van der Waals surface area contributed by atoms with E-state index in [0.717, 1.165) is 0 Å². The summed E-state index contributed by atoms with van der Waals surface area (Å²) in [6.07, 6.45) is -3.19. The van der Waals surface area contributed by atoms with E-state index in [1.165, 1.54) is 55.9 Å². The normalized spacial score (nSPS) is 20.0. The number of amides is 1. The number of hydrazone groups is 1. The molecular weight excluding hydrogens is 351 g/mol. The van der Waals surface area contributed by atoms with Crippen LogP contribution in [0, 0.1) is 0 Å². The number of aliphatic hydroxyl groups is 1. The first-order valence-corrected chi connectivity index (χ1v) is 7.52. The van der Waals surface area contributed by atoms with E-state index in [4.69, 9.17) is 4.74 Å².